The molecule has 1 saturated heterocycles. The minimum absolute atomic E-state index is 0.0613. The molecule has 0 aromatic rings. The Labute approximate surface area is 101 Å². The fraction of sp³-hybridized carbons (Fsp3) is 0.857. The summed E-state index contributed by atoms with van der Waals surface area (Å²) in [4.78, 5) is 0. The number of rotatable bonds is 0. The van der Waals surface area contributed by atoms with Gasteiger partial charge in [0, 0.05) is 17.3 Å². The van der Waals surface area contributed by atoms with Gasteiger partial charge in [-0.1, -0.05) is 5.92 Å². The topological polar surface area (TPSA) is 38.7 Å². The summed E-state index contributed by atoms with van der Waals surface area (Å²) >= 11 is 0. The summed E-state index contributed by atoms with van der Waals surface area (Å²) in [6.07, 6.45) is 7.90. The molecule has 2 atom stereocenters. The molecule has 1 spiro atoms. The summed E-state index contributed by atoms with van der Waals surface area (Å²) in [5.41, 5.74) is 0.0613. The van der Waals surface area contributed by atoms with E-state index < -0.39 is 0 Å². The first-order valence-electron chi connectivity index (χ1n) is 6.70. The van der Waals surface area contributed by atoms with E-state index in [1.54, 1.807) is 0 Å². The Morgan fingerprint density at radius 3 is 2.24 bits per heavy atom. The van der Waals surface area contributed by atoms with Crippen molar-refractivity contribution in [3.63, 3.8) is 0 Å². The number of ether oxygens (including phenoxy) is 2. The lowest BCUT2D eigenvalue weighted by Crippen LogP contribution is -2.61. The predicted octanol–water partition coefficient (Wildman–Crippen LogP) is 1.89. The lowest BCUT2D eigenvalue weighted by molar-refractivity contribution is -0.296. The van der Waals surface area contributed by atoms with Gasteiger partial charge in [-0.3, -0.25) is 0 Å². The van der Waals surface area contributed by atoms with Gasteiger partial charge >= 0.3 is 0 Å². The monoisotopic (exact) mass is 234 g/mol. The van der Waals surface area contributed by atoms with Gasteiger partial charge in [0.1, 0.15) is 6.11 Å². The van der Waals surface area contributed by atoms with Crippen molar-refractivity contribution in [2.75, 3.05) is 13.2 Å². The molecule has 92 valence electrons. The summed E-state index contributed by atoms with van der Waals surface area (Å²) in [7, 11) is 0. The Morgan fingerprint density at radius 2 is 1.65 bits per heavy atom. The summed E-state index contributed by atoms with van der Waals surface area (Å²) in [5, 5.41) is 8.96. The molecule has 3 nitrogen and oxygen atoms in total. The largest absolute Gasteiger partial charge is 0.462 e. The van der Waals surface area contributed by atoms with Crippen LogP contribution in [-0.4, -0.2) is 24.1 Å². The second-order valence-electron chi connectivity index (χ2n) is 6.28. The van der Waals surface area contributed by atoms with Gasteiger partial charge in [-0.05, 0) is 38.0 Å². The van der Waals surface area contributed by atoms with E-state index in [-0.39, 0.29) is 11.2 Å². The van der Waals surface area contributed by atoms with Gasteiger partial charge < -0.3 is 14.6 Å². The summed E-state index contributed by atoms with van der Waals surface area (Å²) in [5.74, 6) is 4.58. The molecule has 3 heteroatoms. The van der Waals surface area contributed by atoms with E-state index in [1.807, 2.05) is 0 Å². The predicted molar refractivity (Wildman–Crippen MR) is 60.3 cm³/mol. The second kappa shape index (κ2) is 3.18. The highest BCUT2D eigenvalue weighted by Crippen LogP contribution is 2.65. The first-order valence-corrected chi connectivity index (χ1v) is 6.70. The van der Waals surface area contributed by atoms with E-state index in [2.05, 4.69) is 12.0 Å². The fourth-order valence-corrected chi connectivity index (χ4v) is 5.11. The van der Waals surface area contributed by atoms with Crippen molar-refractivity contribution in [1.29, 1.82) is 0 Å². The quantitative estimate of drug-likeness (QED) is 0.650. The van der Waals surface area contributed by atoms with E-state index in [4.69, 9.17) is 14.6 Å². The van der Waals surface area contributed by atoms with Crippen molar-refractivity contribution in [2.24, 2.45) is 23.2 Å². The molecule has 0 amide bonds. The van der Waals surface area contributed by atoms with Crippen LogP contribution in [0.3, 0.4) is 0 Å². The van der Waals surface area contributed by atoms with Gasteiger partial charge in [0.2, 0.25) is 0 Å². The molecule has 4 bridgehead atoms. The maximum absolute atomic E-state index is 8.96. The van der Waals surface area contributed by atoms with E-state index in [0.717, 1.165) is 32.0 Å². The molecule has 5 fully saturated rings. The minimum Gasteiger partial charge on any atom is -0.462 e. The zero-order valence-corrected chi connectivity index (χ0v) is 9.95. The van der Waals surface area contributed by atoms with Crippen molar-refractivity contribution < 1.29 is 14.6 Å². The Morgan fingerprint density at radius 1 is 1.00 bits per heavy atom. The highest BCUT2D eigenvalue weighted by atomic mass is 16.7. The van der Waals surface area contributed by atoms with Crippen LogP contribution in [0, 0.1) is 35.2 Å². The molecule has 2 unspecified atom stereocenters. The Kier molecular flexibility index (Phi) is 1.92. The molecule has 5 aliphatic rings. The van der Waals surface area contributed by atoms with Crippen LogP contribution in [-0.2, 0) is 9.47 Å². The lowest BCUT2D eigenvalue weighted by Gasteiger charge is -2.61. The number of hydrogen-bond acceptors (Lipinski definition) is 3. The third-order valence-electron chi connectivity index (χ3n) is 5.39. The normalized spacial score (nSPS) is 49.3. The average molecular weight is 234 g/mol. The molecule has 1 heterocycles. The van der Waals surface area contributed by atoms with Crippen LogP contribution in [0.15, 0.2) is 0 Å². The molecular formula is C14H18O3. The van der Waals surface area contributed by atoms with E-state index in [0.29, 0.717) is 11.8 Å². The van der Waals surface area contributed by atoms with Gasteiger partial charge in [-0.2, -0.15) is 0 Å². The van der Waals surface area contributed by atoms with Crippen LogP contribution < -0.4 is 0 Å². The third kappa shape index (κ3) is 1.21. The number of aliphatic hydroxyl groups excluding tert-OH is 1. The Balaban J connectivity index is 1.73. The van der Waals surface area contributed by atoms with Gasteiger partial charge in [0.15, 0.2) is 5.79 Å². The van der Waals surface area contributed by atoms with E-state index in [1.165, 1.54) is 19.3 Å². The molecule has 4 saturated carbocycles. The molecule has 1 N–H and O–H groups in total. The molecular weight excluding hydrogens is 216 g/mol. The van der Waals surface area contributed by atoms with Crippen molar-refractivity contribution in [2.45, 2.75) is 37.9 Å². The third-order valence-corrected chi connectivity index (χ3v) is 5.39. The van der Waals surface area contributed by atoms with Gasteiger partial charge in [0.25, 0.3) is 0 Å². The fourth-order valence-electron chi connectivity index (χ4n) is 5.11. The van der Waals surface area contributed by atoms with E-state index >= 15 is 0 Å². The number of aliphatic hydroxyl groups is 1. The van der Waals surface area contributed by atoms with Crippen molar-refractivity contribution in [1.82, 2.24) is 0 Å². The van der Waals surface area contributed by atoms with Crippen molar-refractivity contribution in [3.8, 4) is 12.0 Å². The summed E-state index contributed by atoms with van der Waals surface area (Å²) in [6, 6.07) is 0. The van der Waals surface area contributed by atoms with Crippen molar-refractivity contribution >= 4 is 0 Å². The molecule has 0 aromatic heterocycles. The average Bonchev–Trinajstić information content (AvgIpc) is 2.75. The first-order chi connectivity index (χ1) is 8.26. The molecule has 0 aromatic carbocycles. The van der Waals surface area contributed by atoms with Crippen LogP contribution in [0.5, 0.6) is 0 Å². The Bertz CT molecular complexity index is 381. The lowest BCUT2D eigenvalue weighted by atomic mass is 9.47. The van der Waals surface area contributed by atoms with Crippen LogP contribution in [0.2, 0.25) is 0 Å². The van der Waals surface area contributed by atoms with Crippen LogP contribution in [0.25, 0.3) is 0 Å². The molecule has 17 heavy (non-hydrogen) atoms. The van der Waals surface area contributed by atoms with Gasteiger partial charge in [0.05, 0.1) is 13.2 Å². The summed E-state index contributed by atoms with van der Waals surface area (Å²) in [6.45, 7) is 1.49. The van der Waals surface area contributed by atoms with Crippen molar-refractivity contribution in [3.05, 3.63) is 0 Å². The zero-order valence-electron chi connectivity index (χ0n) is 9.95. The standard InChI is InChI=1S/C14H18O3/c15-2-1-13-7-10-5-11(8-13)14(12(6-10)9-13)16-3-4-17-14/h10-12,15H,3-9H2. The second-order valence-corrected chi connectivity index (χ2v) is 6.28. The first kappa shape index (κ1) is 10.2. The zero-order chi connectivity index (χ0) is 11.5. The highest BCUT2D eigenvalue weighted by Gasteiger charge is 2.64. The maximum atomic E-state index is 8.96. The van der Waals surface area contributed by atoms with Crippen LogP contribution >= 0.6 is 0 Å². The van der Waals surface area contributed by atoms with Gasteiger partial charge in [-0.25, -0.2) is 0 Å². The SMILES string of the molecule is OC#CC12CC3CC(C1)C1(OCCO1)C(C3)C2. The molecule has 0 radical (unpaired) electrons. The Hall–Kier alpha value is -0.720. The molecule has 4 aliphatic carbocycles. The summed E-state index contributed by atoms with van der Waals surface area (Å²) < 4.78 is 12.0. The highest BCUT2D eigenvalue weighted by molar-refractivity contribution is 5.20. The molecule has 5 rings (SSSR count). The van der Waals surface area contributed by atoms with E-state index in [9.17, 15) is 0 Å². The smallest absolute Gasteiger partial charge is 0.174 e. The van der Waals surface area contributed by atoms with Gasteiger partial charge in [-0.15, -0.1) is 0 Å². The van der Waals surface area contributed by atoms with Crippen LogP contribution in [0.4, 0.5) is 0 Å². The molecule has 1 aliphatic heterocycles. The van der Waals surface area contributed by atoms with Crippen LogP contribution in [0.1, 0.15) is 32.1 Å². The minimum atomic E-state index is -0.280. The maximum Gasteiger partial charge on any atom is 0.174 e. The number of hydrogen-bond donors (Lipinski definition) is 1.